The summed E-state index contributed by atoms with van der Waals surface area (Å²) in [5, 5.41) is 3.47. The number of nitrogens with zero attached hydrogens (tertiary/aromatic N) is 1. The van der Waals surface area contributed by atoms with Crippen LogP contribution in [0.3, 0.4) is 0 Å². The Balaban J connectivity index is 2.47. The van der Waals surface area contributed by atoms with E-state index in [1.807, 2.05) is 33.8 Å². The summed E-state index contributed by atoms with van der Waals surface area (Å²) in [5.41, 5.74) is 2.12. The van der Waals surface area contributed by atoms with Gasteiger partial charge in [0, 0.05) is 25.7 Å². The minimum absolute atomic E-state index is 0.250. The van der Waals surface area contributed by atoms with E-state index in [1.165, 1.54) is 11.1 Å². The van der Waals surface area contributed by atoms with Gasteiger partial charge in [0.15, 0.2) is 0 Å². The fourth-order valence-corrected chi connectivity index (χ4v) is 2.30. The number of likely N-dealkylation sites (N-methyl/N-ethyl adjacent to an activating group) is 1. The molecule has 0 spiro atoms. The van der Waals surface area contributed by atoms with Gasteiger partial charge in [0.1, 0.15) is 5.60 Å². The Morgan fingerprint density at radius 1 is 1.32 bits per heavy atom. The molecule has 4 heteroatoms. The molecule has 0 heterocycles. The van der Waals surface area contributed by atoms with Crippen molar-refractivity contribution in [1.82, 2.24) is 10.2 Å². The first kappa shape index (κ1) is 18.5. The molecule has 1 rings (SSSR count). The zero-order valence-corrected chi connectivity index (χ0v) is 14.8. The van der Waals surface area contributed by atoms with Crippen molar-refractivity contribution in [3.05, 3.63) is 35.4 Å². The Bertz CT molecular complexity index is 480. The third-order valence-corrected chi connectivity index (χ3v) is 3.52. The molecule has 0 aromatic heterocycles. The number of rotatable bonds is 6. The average Bonchev–Trinajstić information content (AvgIpc) is 2.41. The van der Waals surface area contributed by atoms with Gasteiger partial charge in [0.05, 0.1) is 0 Å². The zero-order chi connectivity index (χ0) is 16.8. The maximum absolute atomic E-state index is 12.1. The van der Waals surface area contributed by atoms with Crippen molar-refractivity contribution in [2.75, 3.05) is 19.6 Å². The van der Waals surface area contributed by atoms with Crippen LogP contribution in [0.15, 0.2) is 24.3 Å². The van der Waals surface area contributed by atoms with Crippen molar-refractivity contribution >= 4 is 6.09 Å². The molecule has 0 aliphatic rings. The molecule has 1 aromatic rings. The van der Waals surface area contributed by atoms with Gasteiger partial charge in [-0.1, -0.05) is 24.3 Å². The van der Waals surface area contributed by atoms with Crippen LogP contribution in [0.25, 0.3) is 0 Å². The lowest BCUT2D eigenvalue weighted by Crippen LogP contribution is -2.40. The van der Waals surface area contributed by atoms with Crippen LogP contribution in [-0.2, 0) is 4.74 Å². The summed E-state index contributed by atoms with van der Waals surface area (Å²) in [7, 11) is 0. The maximum atomic E-state index is 12.1. The van der Waals surface area contributed by atoms with E-state index in [4.69, 9.17) is 4.74 Å². The van der Waals surface area contributed by atoms with Gasteiger partial charge in [-0.3, -0.25) is 0 Å². The van der Waals surface area contributed by atoms with Gasteiger partial charge >= 0.3 is 6.09 Å². The van der Waals surface area contributed by atoms with Crippen LogP contribution in [0.4, 0.5) is 4.79 Å². The molecule has 1 amide bonds. The Labute approximate surface area is 134 Å². The van der Waals surface area contributed by atoms with E-state index in [1.54, 1.807) is 4.90 Å². The third-order valence-electron chi connectivity index (χ3n) is 3.52. The molecule has 1 N–H and O–H groups in total. The predicted octanol–water partition coefficient (Wildman–Crippen LogP) is 3.90. The average molecular weight is 306 g/mol. The fraction of sp³-hybridized carbons (Fsp3) is 0.611. The molecule has 1 unspecified atom stereocenters. The van der Waals surface area contributed by atoms with Crippen molar-refractivity contribution in [2.45, 2.75) is 53.2 Å². The van der Waals surface area contributed by atoms with E-state index in [9.17, 15) is 4.79 Å². The second-order valence-corrected chi connectivity index (χ2v) is 6.59. The molecule has 0 aliphatic heterocycles. The maximum Gasteiger partial charge on any atom is 0.410 e. The van der Waals surface area contributed by atoms with Crippen molar-refractivity contribution in [3.63, 3.8) is 0 Å². The van der Waals surface area contributed by atoms with E-state index in [0.29, 0.717) is 13.1 Å². The molecule has 4 nitrogen and oxygen atoms in total. The van der Waals surface area contributed by atoms with Crippen LogP contribution in [-0.4, -0.2) is 36.2 Å². The summed E-state index contributed by atoms with van der Waals surface area (Å²) in [4.78, 5) is 13.8. The van der Waals surface area contributed by atoms with Crippen LogP contribution in [0.1, 0.15) is 51.8 Å². The number of carbonyl (C=O) groups is 1. The zero-order valence-electron chi connectivity index (χ0n) is 14.8. The second kappa shape index (κ2) is 8.18. The Morgan fingerprint density at radius 3 is 2.50 bits per heavy atom. The van der Waals surface area contributed by atoms with E-state index in [2.05, 4.69) is 37.4 Å². The van der Waals surface area contributed by atoms with Crippen LogP contribution in [0.5, 0.6) is 0 Å². The summed E-state index contributed by atoms with van der Waals surface area (Å²) in [6.07, 6.45) is -0.250. The molecule has 0 bridgehead atoms. The Hall–Kier alpha value is -1.55. The van der Waals surface area contributed by atoms with E-state index >= 15 is 0 Å². The van der Waals surface area contributed by atoms with Gasteiger partial charge in [0.2, 0.25) is 0 Å². The topological polar surface area (TPSA) is 41.6 Å². The van der Waals surface area contributed by atoms with Gasteiger partial charge in [0.25, 0.3) is 0 Å². The molecule has 0 saturated carbocycles. The lowest BCUT2D eigenvalue weighted by atomic mass is 10.0. The smallest absolute Gasteiger partial charge is 0.410 e. The monoisotopic (exact) mass is 306 g/mol. The molecule has 22 heavy (non-hydrogen) atoms. The first-order chi connectivity index (χ1) is 10.2. The SMILES string of the molecule is CCN(CCNC(C)c1ccccc1C)C(=O)OC(C)(C)C. The van der Waals surface area contributed by atoms with Crippen molar-refractivity contribution in [2.24, 2.45) is 0 Å². The highest BCUT2D eigenvalue weighted by Crippen LogP contribution is 2.16. The minimum atomic E-state index is -0.452. The van der Waals surface area contributed by atoms with Crippen LogP contribution in [0, 0.1) is 6.92 Å². The first-order valence-electron chi connectivity index (χ1n) is 8.01. The summed E-state index contributed by atoms with van der Waals surface area (Å²) >= 11 is 0. The highest BCUT2D eigenvalue weighted by atomic mass is 16.6. The molecule has 0 fully saturated rings. The molecular formula is C18H30N2O2. The van der Waals surface area contributed by atoms with Gasteiger partial charge in [-0.05, 0) is 52.7 Å². The normalized spacial score (nSPS) is 12.8. The molecular weight excluding hydrogens is 276 g/mol. The summed E-state index contributed by atoms with van der Waals surface area (Å²) < 4.78 is 5.41. The van der Waals surface area contributed by atoms with Crippen molar-refractivity contribution in [1.29, 1.82) is 0 Å². The quantitative estimate of drug-likeness (QED) is 0.866. The number of nitrogens with one attached hydrogen (secondary N) is 1. The number of hydrogen-bond acceptors (Lipinski definition) is 3. The Kier molecular flexibility index (Phi) is 6.88. The largest absolute Gasteiger partial charge is 0.444 e. The van der Waals surface area contributed by atoms with Gasteiger partial charge in [-0.15, -0.1) is 0 Å². The van der Waals surface area contributed by atoms with Gasteiger partial charge < -0.3 is 15.0 Å². The molecule has 0 radical (unpaired) electrons. The van der Waals surface area contributed by atoms with E-state index in [0.717, 1.165) is 6.54 Å². The number of ether oxygens (including phenoxy) is 1. The summed E-state index contributed by atoms with van der Waals surface area (Å²) in [6, 6.07) is 8.62. The number of benzene rings is 1. The molecule has 0 aliphatic carbocycles. The standard InChI is InChI=1S/C18H30N2O2/c1-7-20(17(21)22-18(4,5)6)13-12-19-15(3)16-11-9-8-10-14(16)2/h8-11,15,19H,7,12-13H2,1-6H3. The van der Waals surface area contributed by atoms with Crippen molar-refractivity contribution in [3.8, 4) is 0 Å². The predicted molar refractivity (Wildman–Crippen MR) is 91.1 cm³/mol. The van der Waals surface area contributed by atoms with Crippen LogP contribution < -0.4 is 5.32 Å². The number of amides is 1. The van der Waals surface area contributed by atoms with E-state index < -0.39 is 5.60 Å². The summed E-state index contributed by atoms with van der Waals surface area (Å²) in [5.74, 6) is 0. The number of hydrogen-bond donors (Lipinski definition) is 1. The second-order valence-electron chi connectivity index (χ2n) is 6.59. The Morgan fingerprint density at radius 2 is 1.95 bits per heavy atom. The lowest BCUT2D eigenvalue weighted by molar-refractivity contribution is 0.0261. The van der Waals surface area contributed by atoms with Crippen LogP contribution in [0.2, 0.25) is 0 Å². The highest BCUT2D eigenvalue weighted by Gasteiger charge is 2.20. The molecule has 0 saturated heterocycles. The van der Waals surface area contributed by atoms with Crippen LogP contribution >= 0.6 is 0 Å². The van der Waals surface area contributed by atoms with Gasteiger partial charge in [-0.2, -0.15) is 0 Å². The molecule has 124 valence electrons. The number of aryl methyl sites for hydroxylation is 1. The highest BCUT2D eigenvalue weighted by molar-refractivity contribution is 5.68. The first-order valence-corrected chi connectivity index (χ1v) is 8.01. The lowest BCUT2D eigenvalue weighted by Gasteiger charge is -2.27. The fourth-order valence-electron chi connectivity index (χ4n) is 2.30. The molecule has 1 atom stereocenters. The van der Waals surface area contributed by atoms with Gasteiger partial charge in [-0.25, -0.2) is 4.79 Å². The third kappa shape index (κ3) is 6.06. The summed E-state index contributed by atoms with van der Waals surface area (Å²) in [6.45, 7) is 13.9. The molecule has 1 aromatic carbocycles. The van der Waals surface area contributed by atoms with Crippen molar-refractivity contribution < 1.29 is 9.53 Å². The minimum Gasteiger partial charge on any atom is -0.444 e. The van der Waals surface area contributed by atoms with E-state index in [-0.39, 0.29) is 12.1 Å². The number of carbonyl (C=O) groups excluding carboxylic acids is 1.